The van der Waals surface area contributed by atoms with E-state index in [0.717, 1.165) is 0 Å². The standard InChI is InChI=1S/C15H19NO7S/c1-8(2)13(17)10-5-4-6-11(9(10)3)14(18)16-12(15(19)20)7-24(21,22)23/h4-6,8,12H,7H2,1-3H3,(H,16,18)(H,19,20)(H,21,22,23). The zero-order valence-electron chi connectivity index (χ0n) is 13.4. The van der Waals surface area contributed by atoms with E-state index < -0.39 is 33.8 Å². The minimum Gasteiger partial charge on any atom is -0.480 e. The monoisotopic (exact) mass is 357 g/mol. The maximum absolute atomic E-state index is 12.2. The molecule has 0 spiro atoms. The van der Waals surface area contributed by atoms with Gasteiger partial charge in [-0.05, 0) is 18.6 Å². The lowest BCUT2D eigenvalue weighted by Gasteiger charge is -2.16. The number of benzene rings is 1. The average Bonchev–Trinajstić information content (AvgIpc) is 2.44. The molecule has 0 heterocycles. The van der Waals surface area contributed by atoms with Gasteiger partial charge in [-0.1, -0.05) is 26.0 Å². The lowest BCUT2D eigenvalue weighted by Crippen LogP contribution is -2.45. The number of Topliss-reactive ketones (excluding diaryl/α,β-unsaturated/α-hetero) is 1. The highest BCUT2D eigenvalue weighted by atomic mass is 32.2. The van der Waals surface area contributed by atoms with Crippen LogP contribution < -0.4 is 5.32 Å². The van der Waals surface area contributed by atoms with Crippen molar-refractivity contribution in [1.29, 1.82) is 0 Å². The highest BCUT2D eigenvalue weighted by molar-refractivity contribution is 7.85. The fraction of sp³-hybridized carbons (Fsp3) is 0.400. The zero-order chi connectivity index (χ0) is 18.7. The predicted octanol–water partition coefficient (Wildman–Crippen LogP) is 0.905. The Morgan fingerprint density at radius 1 is 1.17 bits per heavy atom. The van der Waals surface area contributed by atoms with Gasteiger partial charge in [-0.15, -0.1) is 0 Å². The first-order valence-electron chi connectivity index (χ1n) is 7.06. The van der Waals surface area contributed by atoms with Crippen molar-refractivity contribution in [3.05, 3.63) is 34.9 Å². The molecule has 0 aromatic heterocycles. The van der Waals surface area contributed by atoms with Crippen LogP contribution in [0.15, 0.2) is 18.2 Å². The molecule has 0 saturated heterocycles. The molecule has 0 fully saturated rings. The smallest absolute Gasteiger partial charge is 0.327 e. The summed E-state index contributed by atoms with van der Waals surface area (Å²) in [7, 11) is -4.59. The topological polar surface area (TPSA) is 138 Å². The van der Waals surface area contributed by atoms with Crippen LogP contribution in [-0.2, 0) is 14.9 Å². The molecule has 0 saturated carbocycles. The molecule has 0 aliphatic heterocycles. The molecule has 8 nitrogen and oxygen atoms in total. The molecule has 3 N–H and O–H groups in total. The van der Waals surface area contributed by atoms with Gasteiger partial charge in [0, 0.05) is 17.0 Å². The molecule has 1 unspecified atom stereocenters. The first kappa shape index (κ1) is 19.8. The van der Waals surface area contributed by atoms with E-state index in [1.165, 1.54) is 12.1 Å². The van der Waals surface area contributed by atoms with Crippen molar-refractivity contribution in [1.82, 2.24) is 5.32 Å². The number of carboxylic acid groups (broad SMARTS) is 1. The van der Waals surface area contributed by atoms with Crippen LogP contribution in [0.3, 0.4) is 0 Å². The van der Waals surface area contributed by atoms with Crippen LogP contribution in [0.4, 0.5) is 0 Å². The molecular weight excluding hydrogens is 338 g/mol. The summed E-state index contributed by atoms with van der Waals surface area (Å²) in [5.74, 6) is -4.06. The van der Waals surface area contributed by atoms with Crippen LogP contribution in [0.2, 0.25) is 0 Å². The summed E-state index contributed by atoms with van der Waals surface area (Å²) in [6, 6.07) is 2.63. The third kappa shape index (κ3) is 5.14. The zero-order valence-corrected chi connectivity index (χ0v) is 14.3. The minimum atomic E-state index is -4.59. The third-order valence-corrected chi connectivity index (χ3v) is 4.10. The van der Waals surface area contributed by atoms with Crippen LogP contribution in [0.25, 0.3) is 0 Å². The molecule has 132 valence electrons. The van der Waals surface area contributed by atoms with Crippen LogP contribution in [0, 0.1) is 12.8 Å². The third-order valence-electron chi connectivity index (χ3n) is 3.35. The van der Waals surface area contributed by atoms with Gasteiger partial charge >= 0.3 is 5.97 Å². The van der Waals surface area contributed by atoms with Crippen molar-refractivity contribution < 1.29 is 32.5 Å². The fourth-order valence-electron chi connectivity index (χ4n) is 2.08. The van der Waals surface area contributed by atoms with Crippen LogP contribution in [0.1, 0.15) is 40.1 Å². The molecule has 1 amide bonds. The molecule has 1 aromatic carbocycles. The van der Waals surface area contributed by atoms with Gasteiger partial charge in [0.25, 0.3) is 16.0 Å². The van der Waals surface area contributed by atoms with Crippen molar-refractivity contribution in [3.8, 4) is 0 Å². The predicted molar refractivity (Wildman–Crippen MR) is 85.7 cm³/mol. The molecule has 24 heavy (non-hydrogen) atoms. The number of amides is 1. The largest absolute Gasteiger partial charge is 0.480 e. The molecular formula is C15H19NO7S. The molecule has 0 aliphatic carbocycles. The summed E-state index contributed by atoms with van der Waals surface area (Å²) < 4.78 is 30.5. The van der Waals surface area contributed by atoms with Crippen molar-refractivity contribution in [3.63, 3.8) is 0 Å². The van der Waals surface area contributed by atoms with Gasteiger partial charge in [-0.3, -0.25) is 14.1 Å². The molecule has 9 heteroatoms. The van der Waals surface area contributed by atoms with Crippen molar-refractivity contribution in [2.24, 2.45) is 5.92 Å². The molecule has 1 aromatic rings. The molecule has 0 aliphatic rings. The quantitative estimate of drug-likeness (QED) is 0.487. The van der Waals surface area contributed by atoms with E-state index in [9.17, 15) is 22.8 Å². The SMILES string of the molecule is Cc1c(C(=O)NC(CS(=O)(=O)O)C(=O)O)cccc1C(=O)C(C)C. The second-order valence-corrected chi connectivity index (χ2v) is 7.11. The first-order chi connectivity index (χ1) is 10.9. The number of ketones is 1. The van der Waals surface area contributed by atoms with Crippen LogP contribution in [0.5, 0.6) is 0 Å². The van der Waals surface area contributed by atoms with E-state index in [1.54, 1.807) is 26.8 Å². The minimum absolute atomic E-state index is 0.0584. The first-order valence-corrected chi connectivity index (χ1v) is 8.67. The number of hydrogen-bond donors (Lipinski definition) is 3. The number of carbonyl (C=O) groups is 3. The number of carbonyl (C=O) groups excluding carboxylic acids is 2. The number of rotatable bonds is 7. The van der Waals surface area contributed by atoms with Crippen LogP contribution in [-0.4, -0.2) is 47.5 Å². The Bertz CT molecular complexity index is 768. The molecule has 1 atom stereocenters. The maximum atomic E-state index is 12.2. The number of nitrogens with one attached hydrogen (secondary N) is 1. The van der Waals surface area contributed by atoms with E-state index in [2.05, 4.69) is 0 Å². The van der Waals surface area contributed by atoms with E-state index in [0.29, 0.717) is 11.1 Å². The van der Waals surface area contributed by atoms with Crippen LogP contribution >= 0.6 is 0 Å². The lowest BCUT2D eigenvalue weighted by atomic mass is 9.93. The van der Waals surface area contributed by atoms with Gasteiger partial charge in [0.05, 0.1) is 0 Å². The summed E-state index contributed by atoms with van der Waals surface area (Å²) in [5.41, 5.74) is 0.757. The van der Waals surface area contributed by atoms with Gasteiger partial charge in [0.2, 0.25) is 0 Å². The van der Waals surface area contributed by atoms with Gasteiger partial charge in [0.15, 0.2) is 5.78 Å². The van der Waals surface area contributed by atoms with Gasteiger partial charge in [0.1, 0.15) is 11.8 Å². The average molecular weight is 357 g/mol. The lowest BCUT2D eigenvalue weighted by molar-refractivity contribution is -0.138. The van der Waals surface area contributed by atoms with E-state index in [1.807, 2.05) is 5.32 Å². The Labute approximate surface area is 139 Å². The Morgan fingerprint density at radius 2 is 1.71 bits per heavy atom. The van der Waals surface area contributed by atoms with Gasteiger partial charge < -0.3 is 10.4 Å². The highest BCUT2D eigenvalue weighted by Crippen LogP contribution is 2.18. The second kappa shape index (κ2) is 7.54. The van der Waals surface area contributed by atoms with E-state index in [4.69, 9.17) is 9.66 Å². The van der Waals surface area contributed by atoms with E-state index in [-0.39, 0.29) is 17.3 Å². The number of carboxylic acids is 1. The normalized spacial score (nSPS) is 12.7. The summed E-state index contributed by atoms with van der Waals surface area (Å²) in [6.45, 7) is 4.96. The molecule has 1 rings (SSSR count). The highest BCUT2D eigenvalue weighted by Gasteiger charge is 2.27. The molecule has 0 radical (unpaired) electrons. The number of aliphatic carboxylic acids is 1. The Morgan fingerprint density at radius 3 is 2.17 bits per heavy atom. The Kier molecular flexibility index (Phi) is 6.22. The summed E-state index contributed by atoms with van der Waals surface area (Å²) in [5, 5.41) is 11.0. The maximum Gasteiger partial charge on any atom is 0.327 e. The summed E-state index contributed by atoms with van der Waals surface area (Å²) in [4.78, 5) is 35.4. The second-order valence-electron chi connectivity index (χ2n) is 5.61. The Balaban J connectivity index is 3.13. The fourth-order valence-corrected chi connectivity index (χ4v) is 2.73. The van der Waals surface area contributed by atoms with Gasteiger partial charge in [-0.2, -0.15) is 8.42 Å². The number of hydrogen-bond acceptors (Lipinski definition) is 5. The summed E-state index contributed by atoms with van der Waals surface area (Å²) >= 11 is 0. The van der Waals surface area contributed by atoms with E-state index >= 15 is 0 Å². The molecule has 0 bridgehead atoms. The van der Waals surface area contributed by atoms with Crippen molar-refractivity contribution >= 4 is 27.8 Å². The Hall–Kier alpha value is -2.26. The van der Waals surface area contributed by atoms with Crippen molar-refractivity contribution in [2.75, 3.05) is 5.75 Å². The summed E-state index contributed by atoms with van der Waals surface area (Å²) in [6.07, 6.45) is 0. The van der Waals surface area contributed by atoms with Gasteiger partial charge in [-0.25, -0.2) is 4.79 Å². The van der Waals surface area contributed by atoms with Crippen molar-refractivity contribution in [2.45, 2.75) is 26.8 Å².